The number of fused-ring (bicyclic) bond motifs is 6. The fourth-order valence-corrected chi connectivity index (χ4v) is 7.88. The summed E-state index contributed by atoms with van der Waals surface area (Å²) in [6.07, 6.45) is 10.0. The van der Waals surface area contributed by atoms with Gasteiger partial charge in [-0.2, -0.15) is 0 Å². The standard InChI is InChI=1S/C18H18N2O5.C15H13NO4.C14H11NO5/c1-22-15-11-3-4-19-10-13(11)16(23-2)17-12(15)9-14(25-17)18(21)20-5-7-24-8-6-20;1-8(17)12-6-10-13(18-2)9-4-5-16-7-11(9)14(19-3)15(10)20-12;1-18-11-7-3-4-15-6-9(7)12(19-2)13-8(11)5-10(20-13)14(16)17/h3-4,9-10H,5-8H2,1-2H3;4-7H,1-3H3;3-6H,1-2H3,(H,16,17). The lowest BCUT2D eigenvalue weighted by atomic mass is 10.1. The monoisotopic (exact) mass is 886 g/mol. The highest BCUT2D eigenvalue weighted by Crippen LogP contribution is 2.46. The SMILES string of the molecule is COc1c2ccncc2c(OC)c2oc(C(=O)N3CCOCC3)cc12.COc1c2ccncc2c(OC)c2oc(C(=O)O)cc12.COc1c2ccncc2c(OC)c2oc(C(C)=O)cc12. The van der Waals surface area contributed by atoms with Crippen molar-refractivity contribution in [2.24, 2.45) is 0 Å². The highest BCUT2D eigenvalue weighted by Gasteiger charge is 2.27. The van der Waals surface area contributed by atoms with E-state index in [-0.39, 0.29) is 29.0 Å². The van der Waals surface area contributed by atoms with Crippen molar-refractivity contribution in [2.75, 3.05) is 69.0 Å². The van der Waals surface area contributed by atoms with Gasteiger partial charge in [0.25, 0.3) is 5.91 Å². The molecule has 0 bridgehead atoms. The van der Waals surface area contributed by atoms with Crippen molar-refractivity contribution >= 4 is 82.9 Å². The van der Waals surface area contributed by atoms with Gasteiger partial charge < -0.3 is 56.4 Å². The number of Topliss-reactive ketones (excluding diaryl/α,β-unsaturated/α-hetero) is 1. The molecule has 0 saturated carbocycles. The molecule has 65 heavy (non-hydrogen) atoms. The number of ketones is 1. The van der Waals surface area contributed by atoms with Gasteiger partial charge in [-0.15, -0.1) is 0 Å². The smallest absolute Gasteiger partial charge is 0.371 e. The summed E-state index contributed by atoms with van der Waals surface area (Å²) in [4.78, 5) is 49.4. The molecule has 18 heteroatoms. The van der Waals surface area contributed by atoms with Crippen LogP contribution in [0.2, 0.25) is 0 Å². The van der Waals surface area contributed by atoms with E-state index in [4.69, 9.17) is 51.5 Å². The Bertz CT molecular complexity index is 2950. The number of methoxy groups -OCH3 is 6. The van der Waals surface area contributed by atoms with E-state index in [9.17, 15) is 14.4 Å². The highest BCUT2D eigenvalue weighted by atomic mass is 16.5. The van der Waals surface area contributed by atoms with Crippen molar-refractivity contribution in [1.29, 1.82) is 0 Å². The van der Waals surface area contributed by atoms with Crippen molar-refractivity contribution in [3.63, 3.8) is 0 Å². The lowest BCUT2D eigenvalue weighted by Gasteiger charge is -2.25. The number of morpholine rings is 1. The van der Waals surface area contributed by atoms with Gasteiger partial charge in [0.05, 0.1) is 72.0 Å². The third-order valence-corrected chi connectivity index (χ3v) is 10.8. The van der Waals surface area contributed by atoms with E-state index >= 15 is 0 Å². The van der Waals surface area contributed by atoms with Crippen LogP contribution >= 0.6 is 0 Å². The summed E-state index contributed by atoms with van der Waals surface area (Å²) >= 11 is 0. The lowest BCUT2D eigenvalue weighted by Crippen LogP contribution is -2.40. The highest BCUT2D eigenvalue weighted by molar-refractivity contribution is 6.13. The van der Waals surface area contributed by atoms with Crippen LogP contribution in [-0.4, -0.2) is 112 Å². The second-order valence-electron chi connectivity index (χ2n) is 14.3. The van der Waals surface area contributed by atoms with Gasteiger partial charge in [0, 0.05) is 102 Å². The first-order chi connectivity index (χ1) is 31.6. The van der Waals surface area contributed by atoms with E-state index in [0.717, 1.165) is 26.9 Å². The lowest BCUT2D eigenvalue weighted by molar-refractivity contribution is 0.0284. The Balaban J connectivity index is 0.000000134. The van der Waals surface area contributed by atoms with E-state index in [1.165, 1.54) is 27.2 Å². The number of carbonyl (C=O) groups is 3. The molecule has 18 nitrogen and oxygen atoms in total. The molecule has 1 saturated heterocycles. The Morgan fingerprint density at radius 1 is 0.508 bits per heavy atom. The van der Waals surface area contributed by atoms with E-state index in [1.807, 2.05) is 12.1 Å². The van der Waals surface area contributed by atoms with Gasteiger partial charge in [0.15, 0.2) is 51.3 Å². The summed E-state index contributed by atoms with van der Waals surface area (Å²) in [7, 11) is 9.33. The van der Waals surface area contributed by atoms with Crippen LogP contribution in [0.3, 0.4) is 0 Å². The van der Waals surface area contributed by atoms with Crippen LogP contribution in [0, 0.1) is 0 Å². The van der Waals surface area contributed by atoms with Crippen LogP contribution in [0.15, 0.2) is 86.8 Å². The number of aromatic carboxylic acids is 1. The van der Waals surface area contributed by atoms with Gasteiger partial charge in [-0.1, -0.05) is 0 Å². The van der Waals surface area contributed by atoms with Crippen molar-refractivity contribution in [3.8, 4) is 34.5 Å². The number of carbonyl (C=O) groups excluding carboxylic acids is 2. The Hall–Kier alpha value is -8.12. The number of ether oxygens (including phenoxy) is 7. The predicted octanol–water partition coefficient (Wildman–Crippen LogP) is 8.37. The summed E-state index contributed by atoms with van der Waals surface area (Å²) in [5, 5.41) is 15.8. The molecule has 334 valence electrons. The van der Waals surface area contributed by atoms with Crippen molar-refractivity contribution in [1.82, 2.24) is 19.9 Å². The fourth-order valence-electron chi connectivity index (χ4n) is 7.88. The number of pyridine rings is 3. The number of nitrogens with zero attached hydrogens (tertiary/aromatic N) is 4. The summed E-state index contributed by atoms with van der Waals surface area (Å²) in [6, 6.07) is 10.3. The summed E-state index contributed by atoms with van der Waals surface area (Å²) in [5.74, 6) is 2.27. The molecule has 6 aromatic heterocycles. The molecule has 3 aromatic carbocycles. The third-order valence-electron chi connectivity index (χ3n) is 10.8. The van der Waals surface area contributed by atoms with Crippen molar-refractivity contribution in [3.05, 3.63) is 90.9 Å². The number of amides is 1. The van der Waals surface area contributed by atoms with Crippen molar-refractivity contribution in [2.45, 2.75) is 6.92 Å². The molecule has 1 fully saturated rings. The first-order valence-corrected chi connectivity index (χ1v) is 19.9. The molecule has 1 aliphatic rings. The number of hydrogen-bond donors (Lipinski definition) is 1. The van der Waals surface area contributed by atoms with Crippen LogP contribution in [0.1, 0.15) is 38.6 Å². The maximum Gasteiger partial charge on any atom is 0.371 e. The molecule has 0 aliphatic carbocycles. The van der Waals surface area contributed by atoms with E-state index < -0.39 is 5.97 Å². The quantitative estimate of drug-likeness (QED) is 0.135. The van der Waals surface area contributed by atoms with Crippen LogP contribution < -0.4 is 28.4 Å². The van der Waals surface area contributed by atoms with Gasteiger partial charge in [0.1, 0.15) is 17.2 Å². The molecule has 0 unspecified atom stereocenters. The van der Waals surface area contributed by atoms with E-state index in [0.29, 0.717) is 99.1 Å². The topological polar surface area (TPSA) is 217 Å². The first-order valence-electron chi connectivity index (χ1n) is 19.9. The Morgan fingerprint density at radius 3 is 1.23 bits per heavy atom. The normalized spacial score (nSPS) is 12.4. The fraction of sp³-hybridized carbons (Fsp3) is 0.234. The zero-order valence-corrected chi connectivity index (χ0v) is 36.3. The number of rotatable bonds is 9. The zero-order chi connectivity index (χ0) is 45.9. The van der Waals surface area contributed by atoms with Crippen molar-refractivity contribution < 1.29 is 65.9 Å². The third kappa shape index (κ3) is 7.73. The van der Waals surface area contributed by atoms with Gasteiger partial charge >= 0.3 is 5.97 Å². The average molecular weight is 887 g/mol. The first kappa shape index (κ1) is 43.5. The number of hydrogen-bond acceptors (Lipinski definition) is 16. The second-order valence-corrected chi connectivity index (χ2v) is 14.3. The Labute approximate surface area is 369 Å². The number of aromatic nitrogens is 3. The molecule has 10 rings (SSSR count). The molecule has 1 N–H and O–H groups in total. The molecule has 0 radical (unpaired) electrons. The molecule has 7 heterocycles. The molecule has 0 atom stereocenters. The Morgan fingerprint density at radius 2 is 0.862 bits per heavy atom. The predicted molar refractivity (Wildman–Crippen MR) is 238 cm³/mol. The van der Waals surface area contributed by atoms with Gasteiger partial charge in [-0.25, -0.2) is 4.79 Å². The second kappa shape index (κ2) is 18.3. The molecule has 1 amide bonds. The maximum absolute atomic E-state index is 12.7. The summed E-state index contributed by atoms with van der Waals surface area (Å²) < 4.78 is 55.0. The van der Waals surface area contributed by atoms with Crippen LogP contribution in [0.4, 0.5) is 0 Å². The number of carboxylic acids is 1. The van der Waals surface area contributed by atoms with Gasteiger partial charge in [0.2, 0.25) is 5.76 Å². The number of carboxylic acid groups (broad SMARTS) is 1. The molecule has 1 aliphatic heterocycles. The minimum atomic E-state index is -1.15. The summed E-state index contributed by atoms with van der Waals surface area (Å²) in [5.41, 5.74) is 1.31. The van der Waals surface area contributed by atoms with Crippen LogP contribution in [0.25, 0.3) is 65.2 Å². The van der Waals surface area contributed by atoms with Crippen LogP contribution in [-0.2, 0) is 4.74 Å². The van der Waals surface area contributed by atoms with Crippen LogP contribution in [0.5, 0.6) is 34.5 Å². The zero-order valence-electron chi connectivity index (χ0n) is 36.3. The number of furan rings is 3. The molecular formula is C47H42N4O14. The largest absolute Gasteiger partial charge is 0.495 e. The molecule has 9 aromatic rings. The Kier molecular flexibility index (Phi) is 12.3. The summed E-state index contributed by atoms with van der Waals surface area (Å²) in [6.45, 7) is 3.63. The average Bonchev–Trinajstić information content (AvgIpc) is 4.11. The minimum absolute atomic E-state index is 0.146. The van der Waals surface area contributed by atoms with Gasteiger partial charge in [-0.05, 0) is 24.3 Å². The van der Waals surface area contributed by atoms with Gasteiger partial charge in [-0.3, -0.25) is 24.5 Å². The molecular weight excluding hydrogens is 845 g/mol. The molecule has 0 spiro atoms. The van der Waals surface area contributed by atoms with E-state index in [1.54, 1.807) is 88.7 Å². The maximum atomic E-state index is 12.7. The van der Waals surface area contributed by atoms with E-state index in [2.05, 4.69) is 15.0 Å². The minimum Gasteiger partial charge on any atom is -0.495 e. The number of benzene rings is 3.